The maximum Gasteiger partial charge on any atom is 0.0781 e. The summed E-state index contributed by atoms with van der Waals surface area (Å²) in [7, 11) is 0. The topological polar surface area (TPSA) is 109 Å². The Labute approximate surface area is 151 Å². The van der Waals surface area contributed by atoms with Crippen molar-refractivity contribution in [2.45, 2.75) is 52.7 Å². The van der Waals surface area contributed by atoms with Crippen LogP contribution in [-0.4, -0.2) is 85.5 Å². The molecule has 0 heterocycles. The van der Waals surface area contributed by atoms with Gasteiger partial charge in [0, 0.05) is 10.8 Å². The van der Waals surface area contributed by atoms with Crippen LogP contribution in [0.4, 0.5) is 0 Å². The van der Waals surface area contributed by atoms with Crippen LogP contribution in [0.15, 0.2) is 0 Å². The summed E-state index contributed by atoms with van der Waals surface area (Å²) < 4.78 is 17.0. The quantitative estimate of drug-likeness (QED) is 0.316. The summed E-state index contributed by atoms with van der Waals surface area (Å²) in [4.78, 5) is 0. The number of ether oxygens (including phenoxy) is 3. The Balaban J connectivity index is 4.07. The van der Waals surface area contributed by atoms with Crippen LogP contribution in [0.3, 0.4) is 0 Å². The Morgan fingerprint density at radius 2 is 1.12 bits per heavy atom. The lowest BCUT2D eigenvalue weighted by Gasteiger charge is -2.30. The number of rotatable bonds is 16. The molecule has 7 nitrogen and oxygen atoms in total. The molecular weight excluding hydrogens is 328 g/mol. The highest BCUT2D eigenvalue weighted by molar-refractivity contribution is 4.77. The van der Waals surface area contributed by atoms with Gasteiger partial charge in [0.15, 0.2) is 0 Å². The molecule has 7 heteroatoms. The van der Waals surface area contributed by atoms with Crippen LogP contribution in [0.25, 0.3) is 0 Å². The maximum atomic E-state index is 9.41. The van der Waals surface area contributed by atoms with E-state index in [1.165, 1.54) is 0 Å². The Hall–Kier alpha value is -0.280. The van der Waals surface area contributed by atoms with Gasteiger partial charge in [0.1, 0.15) is 0 Å². The second-order valence-electron chi connectivity index (χ2n) is 7.12. The lowest BCUT2D eigenvalue weighted by atomic mass is 9.88. The molecule has 0 rings (SSSR count). The highest BCUT2D eigenvalue weighted by Gasteiger charge is 2.28. The second kappa shape index (κ2) is 13.0. The van der Waals surface area contributed by atoms with Crippen molar-refractivity contribution in [2.75, 3.05) is 52.9 Å². The van der Waals surface area contributed by atoms with E-state index in [1.54, 1.807) is 0 Å². The van der Waals surface area contributed by atoms with E-state index < -0.39 is 10.8 Å². The van der Waals surface area contributed by atoms with Crippen LogP contribution < -0.4 is 0 Å². The average molecular weight is 366 g/mol. The predicted molar refractivity (Wildman–Crippen MR) is 95.4 cm³/mol. The van der Waals surface area contributed by atoms with Gasteiger partial charge < -0.3 is 34.6 Å². The lowest BCUT2D eigenvalue weighted by molar-refractivity contribution is -0.100. The predicted octanol–water partition coefficient (Wildman–Crippen LogP) is 0.575. The van der Waals surface area contributed by atoms with Gasteiger partial charge in [0.25, 0.3) is 0 Å². The van der Waals surface area contributed by atoms with Crippen LogP contribution in [-0.2, 0) is 14.2 Å². The van der Waals surface area contributed by atoms with Gasteiger partial charge in [0.05, 0.1) is 65.1 Å². The van der Waals surface area contributed by atoms with E-state index >= 15 is 0 Å². The molecule has 0 saturated heterocycles. The van der Waals surface area contributed by atoms with Gasteiger partial charge in [-0.1, -0.05) is 13.8 Å². The Kier molecular flexibility index (Phi) is 12.8. The summed E-state index contributed by atoms with van der Waals surface area (Å²) in [6.45, 7) is 8.40. The van der Waals surface area contributed by atoms with Gasteiger partial charge in [-0.15, -0.1) is 0 Å². The molecule has 25 heavy (non-hydrogen) atoms. The molecule has 152 valence electrons. The Morgan fingerprint density at radius 3 is 1.56 bits per heavy atom. The average Bonchev–Trinajstić information content (AvgIpc) is 2.65. The van der Waals surface area contributed by atoms with E-state index in [0.717, 1.165) is 0 Å². The van der Waals surface area contributed by atoms with Crippen molar-refractivity contribution in [3.05, 3.63) is 0 Å². The van der Waals surface area contributed by atoms with Crippen LogP contribution in [0.1, 0.15) is 40.5 Å². The van der Waals surface area contributed by atoms with E-state index in [9.17, 15) is 20.4 Å². The molecule has 0 bridgehead atoms. The zero-order valence-electron chi connectivity index (χ0n) is 16.2. The molecule has 0 fully saturated rings. The summed E-state index contributed by atoms with van der Waals surface area (Å²) in [5, 5.41) is 37.6. The van der Waals surface area contributed by atoms with Gasteiger partial charge >= 0.3 is 0 Å². The molecular formula is C18H38O7. The molecule has 0 spiro atoms. The third-order valence-electron chi connectivity index (χ3n) is 4.89. The minimum Gasteiger partial charge on any atom is -0.396 e. The summed E-state index contributed by atoms with van der Waals surface area (Å²) in [5.41, 5.74) is -1.21. The van der Waals surface area contributed by atoms with Gasteiger partial charge in [-0.2, -0.15) is 0 Å². The van der Waals surface area contributed by atoms with Crippen molar-refractivity contribution >= 4 is 0 Å². The molecule has 0 aliphatic rings. The summed E-state index contributed by atoms with van der Waals surface area (Å²) >= 11 is 0. The van der Waals surface area contributed by atoms with Crippen LogP contribution in [0, 0.1) is 10.8 Å². The second-order valence-corrected chi connectivity index (χ2v) is 7.12. The Morgan fingerprint density at radius 1 is 0.680 bits per heavy atom. The summed E-state index contributed by atoms with van der Waals surface area (Å²) in [5.74, 6) is 0. The van der Waals surface area contributed by atoms with Crippen LogP contribution in [0.5, 0.6) is 0 Å². The standard InChI is InChI=1S/C18H38O7/c1-5-17(9-19,10-20)13-23-7-15(3)24-8-16(4)25-14-18(6-2,11-21)12-22/h15-16,19-22H,5-14H2,1-4H3. The molecule has 0 aromatic heterocycles. The zero-order chi connectivity index (χ0) is 19.3. The first kappa shape index (κ1) is 24.7. The van der Waals surface area contributed by atoms with Crippen molar-refractivity contribution < 1.29 is 34.6 Å². The van der Waals surface area contributed by atoms with E-state index in [4.69, 9.17) is 14.2 Å². The first-order valence-corrected chi connectivity index (χ1v) is 9.10. The zero-order valence-corrected chi connectivity index (χ0v) is 16.2. The molecule has 2 unspecified atom stereocenters. The fraction of sp³-hybridized carbons (Fsp3) is 1.00. The fourth-order valence-electron chi connectivity index (χ4n) is 2.09. The number of hydrogen-bond acceptors (Lipinski definition) is 7. The maximum absolute atomic E-state index is 9.41. The summed E-state index contributed by atoms with van der Waals surface area (Å²) in [6, 6.07) is 0. The van der Waals surface area contributed by atoms with Gasteiger partial charge in [-0.05, 0) is 26.7 Å². The molecule has 0 saturated carbocycles. The van der Waals surface area contributed by atoms with Gasteiger partial charge in [0.2, 0.25) is 0 Å². The minimum atomic E-state index is -0.610. The molecule has 2 atom stereocenters. The number of aliphatic hydroxyl groups excluding tert-OH is 4. The number of hydrogen-bond donors (Lipinski definition) is 4. The fourth-order valence-corrected chi connectivity index (χ4v) is 2.09. The van der Waals surface area contributed by atoms with Gasteiger partial charge in [-0.25, -0.2) is 0 Å². The summed E-state index contributed by atoms with van der Waals surface area (Å²) in [6.07, 6.45) is 0.947. The van der Waals surface area contributed by atoms with E-state index in [-0.39, 0.29) is 51.8 Å². The highest BCUT2D eigenvalue weighted by atomic mass is 16.6. The van der Waals surface area contributed by atoms with Crippen LogP contribution >= 0.6 is 0 Å². The SMILES string of the molecule is CCC(CO)(CO)COCC(C)OCC(C)OCC(CC)(CO)CO. The Bertz CT molecular complexity index is 300. The molecule has 0 aliphatic heterocycles. The third-order valence-corrected chi connectivity index (χ3v) is 4.89. The van der Waals surface area contributed by atoms with Crippen molar-refractivity contribution in [2.24, 2.45) is 10.8 Å². The third kappa shape index (κ3) is 8.77. The van der Waals surface area contributed by atoms with Crippen molar-refractivity contribution in [1.29, 1.82) is 0 Å². The van der Waals surface area contributed by atoms with Gasteiger partial charge in [-0.3, -0.25) is 0 Å². The highest BCUT2D eigenvalue weighted by Crippen LogP contribution is 2.22. The van der Waals surface area contributed by atoms with E-state index in [0.29, 0.717) is 26.1 Å². The first-order chi connectivity index (χ1) is 11.9. The molecule has 0 radical (unpaired) electrons. The van der Waals surface area contributed by atoms with Crippen molar-refractivity contribution in [3.63, 3.8) is 0 Å². The first-order valence-electron chi connectivity index (χ1n) is 9.10. The smallest absolute Gasteiger partial charge is 0.0781 e. The van der Waals surface area contributed by atoms with Crippen molar-refractivity contribution in [1.82, 2.24) is 0 Å². The molecule has 0 aromatic carbocycles. The molecule has 0 amide bonds. The van der Waals surface area contributed by atoms with Crippen LogP contribution in [0.2, 0.25) is 0 Å². The molecule has 0 aromatic rings. The van der Waals surface area contributed by atoms with Crippen molar-refractivity contribution in [3.8, 4) is 0 Å². The normalized spacial score (nSPS) is 15.4. The largest absolute Gasteiger partial charge is 0.396 e. The number of aliphatic hydroxyl groups is 4. The monoisotopic (exact) mass is 366 g/mol. The lowest BCUT2D eigenvalue weighted by Crippen LogP contribution is -2.37. The molecule has 4 N–H and O–H groups in total. The van der Waals surface area contributed by atoms with E-state index in [1.807, 2.05) is 27.7 Å². The van der Waals surface area contributed by atoms with E-state index in [2.05, 4.69) is 0 Å². The minimum absolute atomic E-state index is 0.116. The molecule has 0 aliphatic carbocycles.